The van der Waals surface area contributed by atoms with Gasteiger partial charge in [0, 0.05) is 19.2 Å². The highest BCUT2D eigenvalue weighted by atomic mass is 16.5. The fourth-order valence-electron chi connectivity index (χ4n) is 2.12. The Kier molecular flexibility index (Phi) is 4.53. The SMILES string of the molecule is CC(C)C(CNCc1ccon1)c1ccccc1. The fraction of sp³-hybridized carbons (Fsp3) is 0.400. The first-order chi connectivity index (χ1) is 8.77. The van der Waals surface area contributed by atoms with Crippen LogP contribution in [0.5, 0.6) is 0 Å². The van der Waals surface area contributed by atoms with Gasteiger partial charge in [0.15, 0.2) is 0 Å². The first kappa shape index (κ1) is 12.8. The first-order valence-electron chi connectivity index (χ1n) is 6.42. The van der Waals surface area contributed by atoms with Crippen LogP contribution in [0, 0.1) is 5.92 Å². The number of hydrogen-bond acceptors (Lipinski definition) is 3. The Morgan fingerprint density at radius 3 is 2.56 bits per heavy atom. The number of aromatic nitrogens is 1. The summed E-state index contributed by atoms with van der Waals surface area (Å²) in [5.74, 6) is 1.13. The van der Waals surface area contributed by atoms with Crippen LogP contribution < -0.4 is 5.32 Å². The van der Waals surface area contributed by atoms with Crippen molar-refractivity contribution in [1.82, 2.24) is 10.5 Å². The van der Waals surface area contributed by atoms with Crippen LogP contribution in [0.15, 0.2) is 47.2 Å². The minimum Gasteiger partial charge on any atom is -0.364 e. The standard InChI is InChI=1S/C15H20N2O/c1-12(2)15(13-6-4-3-5-7-13)11-16-10-14-8-9-18-17-14/h3-9,12,15-16H,10-11H2,1-2H3. The molecule has 1 N–H and O–H groups in total. The van der Waals surface area contributed by atoms with Crippen molar-refractivity contribution in [1.29, 1.82) is 0 Å². The lowest BCUT2D eigenvalue weighted by molar-refractivity contribution is 0.404. The Labute approximate surface area is 108 Å². The number of rotatable bonds is 6. The molecule has 3 heteroatoms. The largest absolute Gasteiger partial charge is 0.364 e. The molecule has 1 heterocycles. The van der Waals surface area contributed by atoms with Gasteiger partial charge >= 0.3 is 0 Å². The monoisotopic (exact) mass is 244 g/mol. The molecule has 3 nitrogen and oxygen atoms in total. The quantitative estimate of drug-likeness (QED) is 0.848. The Morgan fingerprint density at radius 2 is 1.94 bits per heavy atom. The second-order valence-corrected chi connectivity index (χ2v) is 4.88. The van der Waals surface area contributed by atoms with Crippen molar-refractivity contribution in [3.63, 3.8) is 0 Å². The van der Waals surface area contributed by atoms with E-state index in [1.165, 1.54) is 5.56 Å². The van der Waals surface area contributed by atoms with Crippen molar-refractivity contribution in [2.45, 2.75) is 26.3 Å². The molecule has 0 saturated carbocycles. The molecule has 96 valence electrons. The summed E-state index contributed by atoms with van der Waals surface area (Å²) in [6, 6.07) is 12.5. The Balaban J connectivity index is 1.91. The Morgan fingerprint density at radius 1 is 1.17 bits per heavy atom. The average Bonchev–Trinajstić information content (AvgIpc) is 2.88. The summed E-state index contributed by atoms with van der Waals surface area (Å²) < 4.78 is 4.81. The molecule has 0 amide bonds. The van der Waals surface area contributed by atoms with E-state index >= 15 is 0 Å². The molecule has 0 aliphatic rings. The zero-order chi connectivity index (χ0) is 12.8. The summed E-state index contributed by atoms with van der Waals surface area (Å²) in [6.07, 6.45) is 1.61. The smallest absolute Gasteiger partial charge is 0.124 e. The van der Waals surface area contributed by atoms with Crippen LogP contribution in [0.4, 0.5) is 0 Å². The lowest BCUT2D eigenvalue weighted by Crippen LogP contribution is -2.24. The molecule has 2 rings (SSSR count). The fourth-order valence-corrected chi connectivity index (χ4v) is 2.12. The number of nitrogens with one attached hydrogen (secondary N) is 1. The summed E-state index contributed by atoms with van der Waals surface area (Å²) in [7, 11) is 0. The molecule has 1 atom stereocenters. The van der Waals surface area contributed by atoms with E-state index in [9.17, 15) is 0 Å². The molecule has 0 spiro atoms. The van der Waals surface area contributed by atoms with Gasteiger partial charge in [-0.05, 0) is 17.4 Å². The van der Waals surface area contributed by atoms with Gasteiger partial charge in [-0.25, -0.2) is 0 Å². The lowest BCUT2D eigenvalue weighted by Gasteiger charge is -2.21. The van der Waals surface area contributed by atoms with Crippen molar-refractivity contribution >= 4 is 0 Å². The predicted molar refractivity (Wildman–Crippen MR) is 72.2 cm³/mol. The van der Waals surface area contributed by atoms with E-state index < -0.39 is 0 Å². The zero-order valence-electron chi connectivity index (χ0n) is 11.0. The van der Waals surface area contributed by atoms with Crippen molar-refractivity contribution in [2.75, 3.05) is 6.54 Å². The molecule has 0 bridgehead atoms. The van der Waals surface area contributed by atoms with E-state index in [4.69, 9.17) is 4.52 Å². The van der Waals surface area contributed by atoms with Gasteiger partial charge in [-0.15, -0.1) is 0 Å². The van der Waals surface area contributed by atoms with Crippen LogP contribution in [0.1, 0.15) is 31.0 Å². The molecular weight excluding hydrogens is 224 g/mol. The molecule has 2 aromatic rings. The molecule has 0 saturated heterocycles. The van der Waals surface area contributed by atoms with E-state index in [1.807, 2.05) is 6.07 Å². The van der Waals surface area contributed by atoms with Gasteiger partial charge in [0.2, 0.25) is 0 Å². The maximum Gasteiger partial charge on any atom is 0.124 e. The third-order valence-corrected chi connectivity index (χ3v) is 3.19. The molecule has 0 fully saturated rings. The summed E-state index contributed by atoms with van der Waals surface area (Å²) in [6.45, 7) is 6.23. The summed E-state index contributed by atoms with van der Waals surface area (Å²) in [5.41, 5.74) is 2.34. The van der Waals surface area contributed by atoms with Gasteiger partial charge < -0.3 is 9.84 Å². The van der Waals surface area contributed by atoms with Gasteiger partial charge in [-0.1, -0.05) is 49.3 Å². The Bertz CT molecular complexity index is 437. The maximum atomic E-state index is 4.81. The number of benzene rings is 1. The van der Waals surface area contributed by atoms with Gasteiger partial charge in [0.05, 0.1) is 5.69 Å². The zero-order valence-corrected chi connectivity index (χ0v) is 11.0. The van der Waals surface area contributed by atoms with Crippen LogP contribution in [-0.2, 0) is 6.54 Å². The minimum atomic E-state index is 0.526. The third-order valence-electron chi connectivity index (χ3n) is 3.19. The highest BCUT2D eigenvalue weighted by Crippen LogP contribution is 2.23. The molecule has 1 aromatic heterocycles. The van der Waals surface area contributed by atoms with Crippen molar-refractivity contribution in [3.05, 3.63) is 53.9 Å². The Hall–Kier alpha value is -1.61. The second-order valence-electron chi connectivity index (χ2n) is 4.88. The first-order valence-corrected chi connectivity index (χ1v) is 6.42. The third kappa shape index (κ3) is 3.44. The van der Waals surface area contributed by atoms with E-state index in [0.29, 0.717) is 11.8 Å². The van der Waals surface area contributed by atoms with Gasteiger partial charge in [-0.2, -0.15) is 0 Å². The van der Waals surface area contributed by atoms with E-state index in [0.717, 1.165) is 18.8 Å². The van der Waals surface area contributed by atoms with Crippen LogP contribution in [0.3, 0.4) is 0 Å². The summed E-state index contributed by atoms with van der Waals surface area (Å²) in [4.78, 5) is 0. The van der Waals surface area contributed by atoms with Crippen LogP contribution >= 0.6 is 0 Å². The number of nitrogens with zero attached hydrogens (tertiary/aromatic N) is 1. The molecular formula is C15H20N2O. The normalized spacial score (nSPS) is 12.8. The topological polar surface area (TPSA) is 38.1 Å². The van der Waals surface area contributed by atoms with Crippen LogP contribution in [0.25, 0.3) is 0 Å². The van der Waals surface area contributed by atoms with Crippen molar-refractivity contribution in [3.8, 4) is 0 Å². The second kappa shape index (κ2) is 6.36. The van der Waals surface area contributed by atoms with Gasteiger partial charge in [0.25, 0.3) is 0 Å². The van der Waals surface area contributed by atoms with E-state index in [-0.39, 0.29) is 0 Å². The molecule has 18 heavy (non-hydrogen) atoms. The highest BCUT2D eigenvalue weighted by molar-refractivity contribution is 5.20. The van der Waals surface area contributed by atoms with Crippen molar-refractivity contribution < 1.29 is 4.52 Å². The average molecular weight is 244 g/mol. The molecule has 1 unspecified atom stereocenters. The van der Waals surface area contributed by atoms with E-state index in [2.05, 4.69) is 54.7 Å². The van der Waals surface area contributed by atoms with Gasteiger partial charge in [0.1, 0.15) is 6.26 Å². The van der Waals surface area contributed by atoms with Crippen LogP contribution in [0.2, 0.25) is 0 Å². The molecule has 0 aliphatic carbocycles. The molecule has 1 aromatic carbocycles. The minimum absolute atomic E-state index is 0.526. The van der Waals surface area contributed by atoms with Crippen LogP contribution in [-0.4, -0.2) is 11.7 Å². The molecule has 0 radical (unpaired) electrons. The van der Waals surface area contributed by atoms with E-state index in [1.54, 1.807) is 6.26 Å². The summed E-state index contributed by atoms with van der Waals surface area (Å²) >= 11 is 0. The van der Waals surface area contributed by atoms with Gasteiger partial charge in [-0.3, -0.25) is 0 Å². The predicted octanol–water partition coefficient (Wildman–Crippen LogP) is 3.20. The lowest BCUT2D eigenvalue weighted by atomic mass is 9.88. The number of hydrogen-bond donors (Lipinski definition) is 1. The van der Waals surface area contributed by atoms with Crippen molar-refractivity contribution in [2.24, 2.45) is 5.92 Å². The molecule has 0 aliphatic heterocycles. The maximum absolute atomic E-state index is 4.81. The highest BCUT2D eigenvalue weighted by Gasteiger charge is 2.15. The summed E-state index contributed by atoms with van der Waals surface area (Å²) in [5, 5.41) is 7.34.